The molecule has 6 nitrogen and oxygen atoms in total. The van der Waals surface area contributed by atoms with Crippen molar-refractivity contribution in [2.45, 2.75) is 90.8 Å². The molecule has 0 aromatic carbocycles. The van der Waals surface area contributed by atoms with Crippen molar-refractivity contribution < 1.29 is 9.53 Å². The molecule has 0 radical (unpaired) electrons. The van der Waals surface area contributed by atoms with E-state index < -0.39 is 5.60 Å². The summed E-state index contributed by atoms with van der Waals surface area (Å²) in [6, 6.07) is 4.90. The third-order valence-electron chi connectivity index (χ3n) is 6.40. The number of aromatic nitrogens is 1. The van der Waals surface area contributed by atoms with Gasteiger partial charge in [0.1, 0.15) is 11.4 Å². The summed E-state index contributed by atoms with van der Waals surface area (Å²) >= 11 is 0. The average Bonchev–Trinajstić information content (AvgIpc) is 2.69. The van der Waals surface area contributed by atoms with Crippen LogP contribution in [-0.2, 0) is 4.74 Å². The summed E-state index contributed by atoms with van der Waals surface area (Å²) < 4.78 is 5.36. The van der Waals surface area contributed by atoms with Gasteiger partial charge >= 0.3 is 6.09 Å². The maximum Gasteiger partial charge on any atom is 0.407 e. The summed E-state index contributed by atoms with van der Waals surface area (Å²) in [7, 11) is 0. The second kappa shape index (κ2) is 9.88. The lowest BCUT2D eigenvalue weighted by Gasteiger charge is -2.35. The first-order valence-corrected chi connectivity index (χ1v) is 11.7. The third kappa shape index (κ3) is 6.78. The van der Waals surface area contributed by atoms with E-state index in [1.165, 1.54) is 18.5 Å². The molecule has 0 atom stereocenters. The second-order valence-electron chi connectivity index (χ2n) is 10.3. The minimum absolute atomic E-state index is 0.196. The molecule has 3 rings (SSSR count). The van der Waals surface area contributed by atoms with Gasteiger partial charge in [-0.1, -0.05) is 13.8 Å². The lowest BCUT2D eigenvalue weighted by Crippen LogP contribution is -2.42. The van der Waals surface area contributed by atoms with Crippen LogP contribution in [0, 0.1) is 11.8 Å². The number of piperidine rings is 1. The fourth-order valence-corrected chi connectivity index (χ4v) is 4.55. The van der Waals surface area contributed by atoms with Crippen molar-refractivity contribution in [3.05, 3.63) is 18.3 Å². The van der Waals surface area contributed by atoms with Gasteiger partial charge in [0.05, 0.1) is 11.9 Å². The number of ether oxygens (including phenoxy) is 1. The van der Waals surface area contributed by atoms with Crippen LogP contribution in [0.1, 0.15) is 73.1 Å². The van der Waals surface area contributed by atoms with Crippen molar-refractivity contribution in [1.82, 2.24) is 10.3 Å². The van der Waals surface area contributed by atoms with Crippen molar-refractivity contribution in [2.75, 3.05) is 23.3 Å². The van der Waals surface area contributed by atoms with Crippen LogP contribution in [0.3, 0.4) is 0 Å². The molecule has 2 fully saturated rings. The summed E-state index contributed by atoms with van der Waals surface area (Å²) in [6.45, 7) is 12.6. The quantitative estimate of drug-likeness (QED) is 0.690. The Morgan fingerprint density at radius 2 is 1.70 bits per heavy atom. The highest BCUT2D eigenvalue weighted by Gasteiger charge is 2.25. The molecule has 1 amide bonds. The van der Waals surface area contributed by atoms with Gasteiger partial charge < -0.3 is 20.3 Å². The van der Waals surface area contributed by atoms with Crippen molar-refractivity contribution >= 4 is 17.6 Å². The van der Waals surface area contributed by atoms with Crippen LogP contribution in [0.4, 0.5) is 16.3 Å². The number of hydrogen-bond acceptors (Lipinski definition) is 5. The molecule has 2 aliphatic rings. The van der Waals surface area contributed by atoms with E-state index in [0.717, 1.165) is 56.4 Å². The summed E-state index contributed by atoms with van der Waals surface area (Å²) in [5.74, 6) is 2.58. The number of nitrogens with zero attached hydrogens (tertiary/aromatic N) is 2. The van der Waals surface area contributed by atoms with E-state index in [1.54, 1.807) is 0 Å². The molecule has 1 aromatic rings. The molecule has 1 saturated heterocycles. The van der Waals surface area contributed by atoms with Crippen LogP contribution < -0.4 is 15.5 Å². The standard InChI is InChI=1S/C24H40N4O2/c1-17(2)18-12-14-28(15-13-18)21-10-11-22(25-16-21)26-19-6-8-20(9-7-19)27-23(29)30-24(3,4)5/h10-11,16-20H,6-9,12-15H2,1-5H3,(H,25,26)(H,27,29). The molecule has 0 bridgehead atoms. The Morgan fingerprint density at radius 3 is 2.23 bits per heavy atom. The zero-order valence-corrected chi connectivity index (χ0v) is 19.4. The smallest absolute Gasteiger partial charge is 0.407 e. The van der Waals surface area contributed by atoms with Gasteiger partial charge in [-0.3, -0.25) is 0 Å². The predicted octanol–water partition coefficient (Wildman–Crippen LogP) is 5.20. The Morgan fingerprint density at radius 1 is 1.07 bits per heavy atom. The van der Waals surface area contributed by atoms with E-state index in [4.69, 9.17) is 4.74 Å². The number of pyridine rings is 1. The molecule has 168 valence electrons. The number of hydrogen-bond donors (Lipinski definition) is 2. The number of carbonyl (C=O) groups is 1. The molecule has 6 heteroatoms. The Kier molecular flexibility index (Phi) is 7.48. The summed E-state index contributed by atoms with van der Waals surface area (Å²) in [5, 5.41) is 6.58. The Hall–Kier alpha value is -1.98. The fraction of sp³-hybridized carbons (Fsp3) is 0.750. The minimum atomic E-state index is -0.453. The van der Waals surface area contributed by atoms with Gasteiger partial charge in [-0.2, -0.15) is 0 Å². The van der Waals surface area contributed by atoms with Gasteiger partial charge in [0.2, 0.25) is 0 Å². The second-order valence-corrected chi connectivity index (χ2v) is 10.3. The summed E-state index contributed by atoms with van der Waals surface area (Å²) in [6.07, 6.45) is 8.21. The Bertz CT molecular complexity index is 667. The van der Waals surface area contributed by atoms with Crippen LogP contribution >= 0.6 is 0 Å². The first kappa shape index (κ1) is 22.7. The summed E-state index contributed by atoms with van der Waals surface area (Å²) in [5.41, 5.74) is 0.776. The largest absolute Gasteiger partial charge is 0.444 e. The average molecular weight is 417 g/mol. The van der Waals surface area contributed by atoms with E-state index in [9.17, 15) is 4.79 Å². The Balaban J connectivity index is 1.41. The van der Waals surface area contributed by atoms with Crippen molar-refractivity contribution in [3.8, 4) is 0 Å². The third-order valence-corrected chi connectivity index (χ3v) is 6.40. The predicted molar refractivity (Wildman–Crippen MR) is 123 cm³/mol. The zero-order chi connectivity index (χ0) is 21.7. The van der Waals surface area contributed by atoms with Crippen LogP contribution in [0.5, 0.6) is 0 Å². The van der Waals surface area contributed by atoms with Crippen LogP contribution in [-0.4, -0.2) is 41.9 Å². The van der Waals surface area contributed by atoms with Crippen LogP contribution in [0.15, 0.2) is 18.3 Å². The van der Waals surface area contributed by atoms with E-state index in [2.05, 4.69) is 46.5 Å². The molecule has 30 heavy (non-hydrogen) atoms. The number of nitrogens with one attached hydrogen (secondary N) is 2. The molecule has 0 spiro atoms. The number of anilines is 2. The summed E-state index contributed by atoms with van der Waals surface area (Å²) in [4.78, 5) is 19.1. The fourth-order valence-electron chi connectivity index (χ4n) is 4.55. The van der Waals surface area contributed by atoms with E-state index >= 15 is 0 Å². The van der Waals surface area contributed by atoms with Gasteiger partial charge in [0.15, 0.2) is 0 Å². The zero-order valence-electron chi connectivity index (χ0n) is 19.4. The Labute approximate surface area is 182 Å². The minimum Gasteiger partial charge on any atom is -0.444 e. The van der Waals surface area contributed by atoms with Crippen LogP contribution in [0.25, 0.3) is 0 Å². The molecular weight excluding hydrogens is 376 g/mol. The molecular formula is C24H40N4O2. The first-order valence-electron chi connectivity index (χ1n) is 11.7. The molecule has 1 aliphatic heterocycles. The molecule has 1 aliphatic carbocycles. The molecule has 2 heterocycles. The van der Waals surface area contributed by atoms with Crippen LogP contribution in [0.2, 0.25) is 0 Å². The number of carbonyl (C=O) groups excluding carboxylic acids is 1. The molecule has 1 aromatic heterocycles. The van der Waals surface area contributed by atoms with Crippen molar-refractivity contribution in [2.24, 2.45) is 11.8 Å². The first-order chi connectivity index (χ1) is 14.2. The molecule has 2 N–H and O–H groups in total. The van der Waals surface area contributed by atoms with Crippen molar-refractivity contribution in [3.63, 3.8) is 0 Å². The van der Waals surface area contributed by atoms with E-state index in [-0.39, 0.29) is 12.1 Å². The van der Waals surface area contributed by atoms with Crippen molar-refractivity contribution in [1.29, 1.82) is 0 Å². The maximum absolute atomic E-state index is 12.0. The lowest BCUT2D eigenvalue weighted by atomic mass is 9.86. The number of amides is 1. The van der Waals surface area contributed by atoms with E-state index in [1.807, 2.05) is 27.0 Å². The maximum atomic E-state index is 12.0. The van der Waals surface area contributed by atoms with Gasteiger partial charge in [-0.05, 0) is 83.3 Å². The highest BCUT2D eigenvalue weighted by Crippen LogP contribution is 2.28. The van der Waals surface area contributed by atoms with E-state index in [0.29, 0.717) is 6.04 Å². The van der Waals surface area contributed by atoms with Gasteiger partial charge in [-0.25, -0.2) is 9.78 Å². The molecule has 0 unspecified atom stereocenters. The molecule has 1 saturated carbocycles. The van der Waals surface area contributed by atoms with Gasteiger partial charge in [0.25, 0.3) is 0 Å². The monoisotopic (exact) mass is 416 g/mol. The normalized spacial score (nSPS) is 23.3. The topological polar surface area (TPSA) is 66.5 Å². The number of alkyl carbamates (subject to hydrolysis) is 1. The van der Waals surface area contributed by atoms with Gasteiger partial charge in [0, 0.05) is 25.2 Å². The number of rotatable bonds is 5. The highest BCUT2D eigenvalue weighted by atomic mass is 16.6. The SMILES string of the molecule is CC(C)C1CCN(c2ccc(NC3CCC(NC(=O)OC(C)(C)C)CC3)nc2)CC1. The lowest BCUT2D eigenvalue weighted by molar-refractivity contribution is 0.0492. The van der Waals surface area contributed by atoms with Gasteiger partial charge in [-0.15, -0.1) is 0 Å². The highest BCUT2D eigenvalue weighted by molar-refractivity contribution is 5.68.